The van der Waals surface area contributed by atoms with Gasteiger partial charge in [-0.05, 0) is 29.8 Å². The van der Waals surface area contributed by atoms with Crippen LogP contribution in [0.5, 0.6) is 5.75 Å². The zero-order valence-electron chi connectivity index (χ0n) is 9.76. The average Bonchev–Trinajstić information content (AvgIpc) is 2.97. The van der Waals surface area contributed by atoms with Gasteiger partial charge in [-0.2, -0.15) is 0 Å². The van der Waals surface area contributed by atoms with Crippen LogP contribution in [0.2, 0.25) is 0 Å². The summed E-state index contributed by atoms with van der Waals surface area (Å²) in [5.74, 6) is -0.0989. The van der Waals surface area contributed by atoms with Crippen LogP contribution in [0.1, 0.15) is 0 Å². The number of benzene rings is 1. The highest BCUT2D eigenvalue weighted by atomic mass is 19.1. The Kier molecular flexibility index (Phi) is 2.52. The quantitative estimate of drug-likeness (QED) is 0.737. The minimum atomic E-state index is -0.419. The first-order chi connectivity index (χ1) is 9.16. The second kappa shape index (κ2) is 4.20. The lowest BCUT2D eigenvalue weighted by molar-refractivity contribution is 0.457. The molecule has 0 saturated carbocycles. The Hall–Kier alpha value is -2.69. The molecule has 2 heterocycles. The molecule has 3 N–H and O–H groups in total. The van der Waals surface area contributed by atoms with Crippen molar-refractivity contribution >= 4 is 5.88 Å². The van der Waals surface area contributed by atoms with Crippen molar-refractivity contribution in [2.24, 2.45) is 0 Å². The van der Waals surface area contributed by atoms with E-state index >= 15 is 0 Å². The van der Waals surface area contributed by atoms with Crippen LogP contribution >= 0.6 is 0 Å². The molecule has 0 radical (unpaired) electrons. The summed E-state index contributed by atoms with van der Waals surface area (Å²) in [4.78, 5) is 0. The van der Waals surface area contributed by atoms with E-state index < -0.39 is 5.82 Å². The Bertz CT molecular complexity index is 716. The summed E-state index contributed by atoms with van der Waals surface area (Å²) in [6.07, 6.45) is 1.45. The Balaban J connectivity index is 2.18. The third-order valence-electron chi connectivity index (χ3n) is 2.77. The second-order valence-corrected chi connectivity index (χ2v) is 4.01. The first-order valence-corrected chi connectivity index (χ1v) is 5.58. The van der Waals surface area contributed by atoms with Crippen LogP contribution in [0, 0.1) is 5.82 Å². The van der Waals surface area contributed by atoms with Crippen molar-refractivity contribution in [3.8, 4) is 28.4 Å². The molecule has 3 rings (SSSR count). The Labute approximate surface area is 107 Å². The minimum Gasteiger partial charge on any atom is -0.504 e. The molecule has 0 spiro atoms. The van der Waals surface area contributed by atoms with Crippen molar-refractivity contribution in [2.45, 2.75) is 0 Å². The molecule has 3 aromatic rings. The maximum atomic E-state index is 13.2. The molecule has 0 atom stereocenters. The lowest BCUT2D eigenvalue weighted by Gasteiger charge is -2.00. The summed E-state index contributed by atoms with van der Waals surface area (Å²) < 4.78 is 23.7. The van der Waals surface area contributed by atoms with Crippen molar-refractivity contribution in [3.63, 3.8) is 0 Å². The molecule has 96 valence electrons. The third kappa shape index (κ3) is 1.85. The first kappa shape index (κ1) is 11.4. The monoisotopic (exact) mass is 259 g/mol. The molecule has 0 saturated heterocycles. The molecule has 2 aromatic heterocycles. The van der Waals surface area contributed by atoms with Crippen LogP contribution in [0.4, 0.5) is 10.3 Å². The fourth-order valence-electron chi connectivity index (χ4n) is 1.94. The van der Waals surface area contributed by atoms with E-state index in [9.17, 15) is 9.50 Å². The van der Waals surface area contributed by atoms with Gasteiger partial charge >= 0.3 is 0 Å². The molecule has 0 aliphatic carbocycles. The molecule has 0 amide bonds. The standard InChI is InChI=1S/C14H10FNO3/c15-9-4-1-3-8(7-9)11-12(17)13(19-14(11)16)10-5-2-6-18-10/h1-7,17H,16H2. The van der Waals surface area contributed by atoms with Gasteiger partial charge < -0.3 is 19.7 Å². The van der Waals surface area contributed by atoms with Crippen molar-refractivity contribution < 1.29 is 18.3 Å². The highest BCUT2D eigenvalue weighted by Gasteiger charge is 2.22. The number of hydrogen-bond acceptors (Lipinski definition) is 4. The Morgan fingerprint density at radius 3 is 2.68 bits per heavy atom. The number of aromatic hydroxyl groups is 1. The number of halogens is 1. The number of nitrogen functional groups attached to an aromatic ring is 1. The van der Waals surface area contributed by atoms with Gasteiger partial charge in [0.15, 0.2) is 11.5 Å². The molecule has 0 bridgehead atoms. The first-order valence-electron chi connectivity index (χ1n) is 5.58. The van der Waals surface area contributed by atoms with E-state index in [2.05, 4.69) is 0 Å². The molecule has 0 fully saturated rings. The van der Waals surface area contributed by atoms with Gasteiger partial charge in [0.2, 0.25) is 11.6 Å². The maximum absolute atomic E-state index is 13.2. The summed E-state index contributed by atoms with van der Waals surface area (Å²) in [6.45, 7) is 0. The molecule has 0 aliphatic rings. The van der Waals surface area contributed by atoms with E-state index in [-0.39, 0.29) is 23.0 Å². The predicted octanol–water partition coefficient (Wildman–Crippen LogP) is 3.63. The smallest absolute Gasteiger partial charge is 0.214 e. The number of nitrogens with two attached hydrogens (primary N) is 1. The van der Waals surface area contributed by atoms with Crippen LogP contribution in [-0.4, -0.2) is 5.11 Å². The van der Waals surface area contributed by atoms with Gasteiger partial charge in [-0.1, -0.05) is 12.1 Å². The fraction of sp³-hybridized carbons (Fsp3) is 0. The summed E-state index contributed by atoms with van der Waals surface area (Å²) in [5.41, 5.74) is 6.44. The second-order valence-electron chi connectivity index (χ2n) is 4.01. The average molecular weight is 259 g/mol. The van der Waals surface area contributed by atoms with Crippen LogP contribution in [0.25, 0.3) is 22.6 Å². The number of hydrogen-bond donors (Lipinski definition) is 2. The van der Waals surface area contributed by atoms with Gasteiger partial charge in [-0.25, -0.2) is 4.39 Å². The predicted molar refractivity (Wildman–Crippen MR) is 67.9 cm³/mol. The zero-order chi connectivity index (χ0) is 13.4. The van der Waals surface area contributed by atoms with Crippen molar-refractivity contribution in [3.05, 3.63) is 48.5 Å². The molecular weight excluding hydrogens is 249 g/mol. The Morgan fingerprint density at radius 1 is 1.16 bits per heavy atom. The van der Waals surface area contributed by atoms with E-state index in [0.717, 1.165) is 0 Å². The van der Waals surface area contributed by atoms with Gasteiger partial charge in [0.05, 0.1) is 11.8 Å². The maximum Gasteiger partial charge on any atom is 0.214 e. The molecule has 1 aromatic carbocycles. The fourth-order valence-corrected chi connectivity index (χ4v) is 1.94. The van der Waals surface area contributed by atoms with E-state index in [1.807, 2.05) is 0 Å². The van der Waals surface area contributed by atoms with E-state index in [1.165, 1.54) is 24.5 Å². The molecule has 0 unspecified atom stereocenters. The number of furan rings is 2. The Morgan fingerprint density at radius 2 is 2.00 bits per heavy atom. The van der Waals surface area contributed by atoms with Crippen LogP contribution in [0.15, 0.2) is 51.5 Å². The molecule has 19 heavy (non-hydrogen) atoms. The third-order valence-corrected chi connectivity index (χ3v) is 2.77. The normalized spacial score (nSPS) is 10.8. The van der Waals surface area contributed by atoms with Gasteiger partial charge in [-0.15, -0.1) is 0 Å². The number of rotatable bonds is 2. The van der Waals surface area contributed by atoms with Crippen LogP contribution in [0.3, 0.4) is 0 Å². The molecule has 4 nitrogen and oxygen atoms in total. The van der Waals surface area contributed by atoms with Gasteiger partial charge in [0.1, 0.15) is 5.82 Å². The largest absolute Gasteiger partial charge is 0.504 e. The highest BCUT2D eigenvalue weighted by molar-refractivity contribution is 5.85. The van der Waals surface area contributed by atoms with Gasteiger partial charge in [-0.3, -0.25) is 0 Å². The van der Waals surface area contributed by atoms with Gasteiger partial charge in [0.25, 0.3) is 0 Å². The lowest BCUT2D eigenvalue weighted by Crippen LogP contribution is -1.85. The summed E-state index contributed by atoms with van der Waals surface area (Å²) in [6, 6.07) is 9.04. The van der Waals surface area contributed by atoms with Gasteiger partial charge in [0, 0.05) is 0 Å². The van der Waals surface area contributed by atoms with Crippen molar-refractivity contribution in [1.29, 1.82) is 0 Å². The van der Waals surface area contributed by atoms with E-state index in [1.54, 1.807) is 18.2 Å². The lowest BCUT2D eigenvalue weighted by atomic mass is 10.1. The molecule has 0 aliphatic heterocycles. The summed E-state index contributed by atoms with van der Waals surface area (Å²) >= 11 is 0. The highest BCUT2D eigenvalue weighted by Crippen LogP contribution is 2.44. The van der Waals surface area contributed by atoms with E-state index in [4.69, 9.17) is 14.6 Å². The van der Waals surface area contributed by atoms with Crippen LogP contribution < -0.4 is 5.73 Å². The topological polar surface area (TPSA) is 72.5 Å². The van der Waals surface area contributed by atoms with E-state index in [0.29, 0.717) is 11.3 Å². The summed E-state index contributed by atoms with van der Waals surface area (Å²) in [7, 11) is 0. The molecular formula is C14H10FNO3. The minimum absolute atomic E-state index is 0.00880. The zero-order valence-corrected chi connectivity index (χ0v) is 9.76. The summed E-state index contributed by atoms with van der Waals surface area (Å²) in [5, 5.41) is 10.2. The number of anilines is 1. The van der Waals surface area contributed by atoms with Crippen molar-refractivity contribution in [2.75, 3.05) is 5.73 Å². The van der Waals surface area contributed by atoms with Crippen molar-refractivity contribution in [1.82, 2.24) is 0 Å². The molecule has 5 heteroatoms. The van der Waals surface area contributed by atoms with Crippen LogP contribution in [-0.2, 0) is 0 Å². The SMILES string of the molecule is Nc1oc(-c2ccco2)c(O)c1-c1cccc(F)c1.